The first kappa shape index (κ1) is 19.3. The van der Waals surface area contributed by atoms with Crippen LogP contribution in [0.2, 0.25) is 0 Å². The van der Waals surface area contributed by atoms with E-state index >= 15 is 0 Å². The van der Waals surface area contributed by atoms with E-state index in [1.807, 2.05) is 12.1 Å². The van der Waals surface area contributed by atoms with Crippen LogP contribution in [0.3, 0.4) is 0 Å². The molecule has 1 aromatic carbocycles. The van der Waals surface area contributed by atoms with E-state index < -0.39 is 5.91 Å². The first-order valence-electron chi connectivity index (χ1n) is 8.84. The monoisotopic (exact) mass is 383 g/mol. The first-order valence-corrected chi connectivity index (χ1v) is 8.84. The highest BCUT2D eigenvalue weighted by atomic mass is 16.5. The van der Waals surface area contributed by atoms with Crippen molar-refractivity contribution < 1.29 is 23.9 Å². The number of benzene rings is 1. The van der Waals surface area contributed by atoms with Crippen molar-refractivity contribution in [2.75, 3.05) is 27.3 Å². The molecule has 1 aliphatic rings. The lowest BCUT2D eigenvalue weighted by molar-refractivity contribution is -0.121. The average molecular weight is 383 g/mol. The van der Waals surface area contributed by atoms with E-state index in [1.54, 1.807) is 32.4 Å². The van der Waals surface area contributed by atoms with Crippen molar-refractivity contribution in [2.45, 2.75) is 12.8 Å². The zero-order valence-corrected chi connectivity index (χ0v) is 15.7. The Balaban J connectivity index is 1.47. The zero-order valence-electron chi connectivity index (χ0n) is 15.7. The molecule has 0 saturated carbocycles. The van der Waals surface area contributed by atoms with Crippen molar-refractivity contribution in [3.63, 3.8) is 0 Å². The number of imide groups is 1. The summed E-state index contributed by atoms with van der Waals surface area (Å²) < 4.78 is 10.4. The molecule has 0 saturated heterocycles. The van der Waals surface area contributed by atoms with Gasteiger partial charge < -0.3 is 14.8 Å². The van der Waals surface area contributed by atoms with Crippen LogP contribution in [0.1, 0.15) is 32.8 Å². The summed E-state index contributed by atoms with van der Waals surface area (Å²) in [5.41, 5.74) is 1.40. The van der Waals surface area contributed by atoms with Crippen molar-refractivity contribution in [3.05, 3.63) is 53.3 Å². The Bertz CT molecular complexity index is 877. The number of rotatable bonds is 8. The van der Waals surface area contributed by atoms with Crippen LogP contribution in [0.5, 0.6) is 11.5 Å². The molecule has 3 amide bonds. The minimum atomic E-state index is -0.430. The van der Waals surface area contributed by atoms with Gasteiger partial charge in [-0.05, 0) is 36.2 Å². The maximum atomic E-state index is 12.2. The smallest absolute Gasteiger partial charge is 0.280 e. The number of hydrogen-bond acceptors (Lipinski definition) is 6. The summed E-state index contributed by atoms with van der Waals surface area (Å²) in [4.78, 5) is 41.6. The number of aromatic nitrogens is 1. The predicted octanol–water partition coefficient (Wildman–Crippen LogP) is 1.44. The molecular formula is C20H21N3O5. The Labute approximate surface area is 162 Å². The van der Waals surface area contributed by atoms with Crippen LogP contribution in [0, 0.1) is 0 Å². The van der Waals surface area contributed by atoms with E-state index in [1.165, 1.54) is 6.20 Å². The fourth-order valence-electron chi connectivity index (χ4n) is 3.01. The van der Waals surface area contributed by atoms with Crippen molar-refractivity contribution >= 4 is 17.7 Å². The molecule has 0 spiro atoms. The first-order chi connectivity index (χ1) is 13.5. The molecule has 28 heavy (non-hydrogen) atoms. The molecule has 0 bridgehead atoms. The second-order valence-electron chi connectivity index (χ2n) is 6.20. The summed E-state index contributed by atoms with van der Waals surface area (Å²) in [5.74, 6) is 0.267. The third kappa shape index (κ3) is 3.95. The largest absolute Gasteiger partial charge is 0.493 e. The molecule has 0 fully saturated rings. The van der Waals surface area contributed by atoms with Crippen molar-refractivity contribution in [3.8, 4) is 11.5 Å². The number of methoxy groups -OCH3 is 2. The Kier molecular flexibility index (Phi) is 5.88. The van der Waals surface area contributed by atoms with Gasteiger partial charge >= 0.3 is 0 Å². The molecule has 8 nitrogen and oxygen atoms in total. The van der Waals surface area contributed by atoms with Gasteiger partial charge in [0.1, 0.15) is 5.69 Å². The van der Waals surface area contributed by atoms with Crippen LogP contribution < -0.4 is 14.8 Å². The van der Waals surface area contributed by atoms with Crippen molar-refractivity contribution in [1.29, 1.82) is 0 Å². The van der Waals surface area contributed by atoms with Crippen LogP contribution >= 0.6 is 0 Å². The molecule has 1 aliphatic heterocycles. The number of carbonyl (C=O) groups is 3. The molecule has 3 rings (SSSR count). The van der Waals surface area contributed by atoms with E-state index in [4.69, 9.17) is 9.47 Å². The molecule has 2 aromatic rings. The third-order valence-corrected chi connectivity index (χ3v) is 4.48. The summed E-state index contributed by atoms with van der Waals surface area (Å²) in [6, 6.07) is 8.69. The van der Waals surface area contributed by atoms with Gasteiger partial charge in [0.15, 0.2) is 11.5 Å². The van der Waals surface area contributed by atoms with Gasteiger partial charge in [-0.25, -0.2) is 0 Å². The summed E-state index contributed by atoms with van der Waals surface area (Å²) in [6.07, 6.45) is 2.28. The van der Waals surface area contributed by atoms with Gasteiger partial charge in [0.25, 0.3) is 11.8 Å². The molecule has 1 aromatic heterocycles. The highest BCUT2D eigenvalue weighted by Crippen LogP contribution is 2.28. The lowest BCUT2D eigenvalue weighted by Gasteiger charge is -2.14. The van der Waals surface area contributed by atoms with E-state index in [0.29, 0.717) is 23.5 Å². The van der Waals surface area contributed by atoms with Gasteiger partial charge in [-0.1, -0.05) is 6.07 Å². The Morgan fingerprint density at radius 1 is 1.11 bits per heavy atom. The molecular weight excluding hydrogens is 362 g/mol. The number of hydrogen-bond donors (Lipinski definition) is 1. The fourth-order valence-corrected chi connectivity index (χ4v) is 3.01. The minimum Gasteiger partial charge on any atom is -0.493 e. The van der Waals surface area contributed by atoms with E-state index in [0.717, 1.165) is 10.5 Å². The molecule has 0 unspecified atom stereocenters. The molecule has 0 atom stereocenters. The quantitative estimate of drug-likeness (QED) is 0.693. The van der Waals surface area contributed by atoms with Gasteiger partial charge in [0.2, 0.25) is 5.91 Å². The van der Waals surface area contributed by atoms with E-state index in [2.05, 4.69) is 10.3 Å². The lowest BCUT2D eigenvalue weighted by atomic mass is 10.1. The second kappa shape index (κ2) is 8.51. The van der Waals surface area contributed by atoms with E-state index in [9.17, 15) is 14.4 Å². The number of aryl methyl sites for hydroxylation is 1. The Hall–Kier alpha value is -3.42. The number of ether oxygens (including phenoxy) is 2. The normalized spacial score (nSPS) is 12.7. The van der Waals surface area contributed by atoms with Crippen LogP contribution in [0.4, 0.5) is 0 Å². The molecule has 146 valence electrons. The minimum absolute atomic E-state index is 0.107. The highest BCUT2D eigenvalue weighted by molar-refractivity contribution is 6.20. The standard InChI is InChI=1S/C20H21N3O5/c1-27-15-7-5-13(12-16(15)28-2)6-8-17(24)21-10-11-23-19(25)14-4-3-9-22-18(14)20(23)26/h3-5,7,9,12H,6,8,10-11H2,1-2H3,(H,21,24). The van der Waals surface area contributed by atoms with Gasteiger partial charge in [0, 0.05) is 25.7 Å². The molecule has 0 aliphatic carbocycles. The number of fused-ring (bicyclic) bond motifs is 1. The number of pyridine rings is 1. The lowest BCUT2D eigenvalue weighted by Crippen LogP contribution is -2.38. The highest BCUT2D eigenvalue weighted by Gasteiger charge is 2.36. The Morgan fingerprint density at radius 3 is 2.61 bits per heavy atom. The predicted molar refractivity (Wildman–Crippen MR) is 100 cm³/mol. The van der Waals surface area contributed by atoms with Gasteiger partial charge in [0.05, 0.1) is 19.8 Å². The number of nitrogens with zero attached hydrogens (tertiary/aromatic N) is 2. The number of amides is 3. The zero-order chi connectivity index (χ0) is 20.1. The van der Waals surface area contributed by atoms with E-state index in [-0.39, 0.29) is 37.0 Å². The number of carbonyl (C=O) groups excluding carboxylic acids is 3. The van der Waals surface area contributed by atoms with Crippen LogP contribution in [-0.2, 0) is 11.2 Å². The van der Waals surface area contributed by atoms with Crippen LogP contribution in [0.25, 0.3) is 0 Å². The summed E-state index contributed by atoms with van der Waals surface area (Å²) in [6.45, 7) is 0.298. The molecule has 1 N–H and O–H groups in total. The average Bonchev–Trinajstić information content (AvgIpc) is 2.97. The fraction of sp³-hybridized carbons (Fsp3) is 0.300. The second-order valence-corrected chi connectivity index (χ2v) is 6.20. The van der Waals surface area contributed by atoms with Gasteiger partial charge in [-0.3, -0.25) is 24.3 Å². The maximum Gasteiger partial charge on any atom is 0.280 e. The summed E-state index contributed by atoms with van der Waals surface area (Å²) >= 11 is 0. The van der Waals surface area contributed by atoms with Crippen LogP contribution in [0.15, 0.2) is 36.5 Å². The maximum absolute atomic E-state index is 12.2. The van der Waals surface area contributed by atoms with Crippen molar-refractivity contribution in [1.82, 2.24) is 15.2 Å². The summed E-state index contributed by atoms with van der Waals surface area (Å²) in [7, 11) is 3.12. The molecule has 2 heterocycles. The SMILES string of the molecule is COc1ccc(CCC(=O)NCCN2C(=O)c3cccnc3C2=O)cc1OC. The summed E-state index contributed by atoms with van der Waals surface area (Å²) in [5, 5.41) is 2.74. The van der Waals surface area contributed by atoms with Gasteiger partial charge in [-0.2, -0.15) is 0 Å². The van der Waals surface area contributed by atoms with Gasteiger partial charge in [-0.15, -0.1) is 0 Å². The number of nitrogens with one attached hydrogen (secondary N) is 1. The Morgan fingerprint density at radius 2 is 1.89 bits per heavy atom. The van der Waals surface area contributed by atoms with Crippen molar-refractivity contribution in [2.24, 2.45) is 0 Å². The van der Waals surface area contributed by atoms with Crippen LogP contribution in [-0.4, -0.2) is 54.9 Å². The molecule has 0 radical (unpaired) electrons. The third-order valence-electron chi connectivity index (χ3n) is 4.48. The molecule has 8 heteroatoms. The topological polar surface area (TPSA) is 97.8 Å².